The minimum atomic E-state index is 0. The normalized spacial score (nSPS) is 7.50. The summed E-state index contributed by atoms with van der Waals surface area (Å²) in [5.41, 5.74) is 0. The Balaban J connectivity index is -0.000000225. The fourth-order valence-electron chi connectivity index (χ4n) is 0.855. The van der Waals surface area contributed by atoms with Crippen LogP contribution < -0.4 is 0 Å². The van der Waals surface area contributed by atoms with Gasteiger partial charge in [0.05, 0.1) is 10.0 Å². The fourth-order valence-corrected chi connectivity index (χ4v) is 1.38. The molecule has 6 heteroatoms. The van der Waals surface area contributed by atoms with Crippen LogP contribution in [0.1, 0.15) is 0 Å². The van der Waals surface area contributed by atoms with Crippen LogP contribution in [0.25, 0.3) is 0 Å². The summed E-state index contributed by atoms with van der Waals surface area (Å²) in [4.78, 5) is 0. The molecule has 102 valence electrons. The lowest BCUT2D eigenvalue weighted by Gasteiger charge is -1.92. The number of hydrogen-bond donors (Lipinski definition) is 0. The summed E-state index contributed by atoms with van der Waals surface area (Å²) < 4.78 is 0. The van der Waals surface area contributed by atoms with Crippen LogP contribution in [0.2, 0.25) is 15.1 Å². The van der Waals surface area contributed by atoms with E-state index in [2.05, 4.69) is 0 Å². The lowest BCUT2D eigenvalue weighted by Crippen LogP contribution is -1.66. The topological polar surface area (TPSA) is 0 Å². The monoisotopic (exact) mass is 366 g/mol. The van der Waals surface area contributed by atoms with Crippen LogP contribution in [0, 0.1) is 0 Å². The van der Waals surface area contributed by atoms with Gasteiger partial charge in [0.25, 0.3) is 0 Å². The highest BCUT2D eigenvalue weighted by Gasteiger charge is 1.94. The summed E-state index contributed by atoms with van der Waals surface area (Å²) >= 11 is 16.8. The second-order valence-electron chi connectivity index (χ2n) is 2.71. The molecule has 0 aromatic heterocycles. The third-order valence-electron chi connectivity index (χ3n) is 1.55. The molecule has 2 aromatic rings. The Morgan fingerprint density at radius 3 is 1.22 bits per heavy atom. The fraction of sp³-hybridized carbons (Fsp3) is 0. The van der Waals surface area contributed by atoms with Crippen LogP contribution in [0.15, 0.2) is 54.6 Å². The predicted octanol–water partition coefficient (Wildman–Crippen LogP) is 6.60. The summed E-state index contributed by atoms with van der Waals surface area (Å²) in [6.45, 7) is 0. The zero-order valence-corrected chi connectivity index (χ0v) is 13.8. The molecule has 0 aliphatic carbocycles. The Hall–Kier alpha value is 0.180. The Morgan fingerprint density at radius 1 is 0.556 bits per heavy atom. The van der Waals surface area contributed by atoms with E-state index < -0.39 is 0 Å². The van der Waals surface area contributed by atoms with E-state index in [1.807, 2.05) is 36.4 Å². The van der Waals surface area contributed by atoms with Gasteiger partial charge in [-0.15, -0.1) is 37.2 Å². The average Bonchev–Trinajstić information content (AvgIpc) is 2.27. The van der Waals surface area contributed by atoms with Crippen molar-refractivity contribution in [1.29, 1.82) is 0 Å². The van der Waals surface area contributed by atoms with E-state index in [9.17, 15) is 0 Å². The number of benzene rings is 2. The molecule has 0 heterocycles. The van der Waals surface area contributed by atoms with Crippen molar-refractivity contribution in [2.45, 2.75) is 0 Å². The van der Waals surface area contributed by atoms with Crippen molar-refractivity contribution in [3.63, 3.8) is 0 Å². The van der Waals surface area contributed by atoms with Crippen LogP contribution in [0.3, 0.4) is 0 Å². The molecule has 0 saturated carbocycles. The molecule has 0 aliphatic heterocycles. The first-order valence-electron chi connectivity index (χ1n) is 4.30. The van der Waals surface area contributed by atoms with Gasteiger partial charge in [-0.25, -0.2) is 0 Å². The van der Waals surface area contributed by atoms with E-state index in [0.717, 1.165) is 0 Å². The van der Waals surface area contributed by atoms with E-state index in [-0.39, 0.29) is 37.2 Å². The quantitative estimate of drug-likeness (QED) is 0.459. The van der Waals surface area contributed by atoms with E-state index in [1.165, 1.54) is 0 Å². The van der Waals surface area contributed by atoms with Gasteiger partial charge < -0.3 is 0 Å². The maximum absolute atomic E-state index is 5.60. The van der Waals surface area contributed by atoms with Crippen molar-refractivity contribution < 1.29 is 0 Å². The summed E-state index contributed by atoms with van der Waals surface area (Å²) in [7, 11) is 0. The first kappa shape index (κ1) is 23.3. The van der Waals surface area contributed by atoms with Gasteiger partial charge in [0.15, 0.2) is 0 Å². The van der Waals surface area contributed by atoms with Crippen molar-refractivity contribution in [3.05, 3.63) is 69.7 Å². The van der Waals surface area contributed by atoms with Gasteiger partial charge in [0, 0.05) is 5.02 Å². The maximum Gasteiger partial charge on any atom is 0.0607 e. The number of rotatable bonds is 0. The molecular weight excluding hydrogens is 357 g/mol. The van der Waals surface area contributed by atoms with E-state index in [0.29, 0.717) is 15.1 Å². The van der Waals surface area contributed by atoms with Crippen LogP contribution in [-0.4, -0.2) is 0 Å². The van der Waals surface area contributed by atoms with Crippen molar-refractivity contribution in [3.8, 4) is 0 Å². The van der Waals surface area contributed by atoms with Gasteiger partial charge in [-0.1, -0.05) is 71.2 Å². The van der Waals surface area contributed by atoms with Gasteiger partial charge >= 0.3 is 0 Å². The molecule has 2 aromatic carbocycles. The molecule has 0 bridgehead atoms. The lowest BCUT2D eigenvalue weighted by atomic mass is 10.4. The zero-order chi connectivity index (χ0) is 11.1. The predicted molar refractivity (Wildman–Crippen MR) is 89.7 cm³/mol. The lowest BCUT2D eigenvalue weighted by molar-refractivity contribution is 1.70. The van der Waals surface area contributed by atoms with Gasteiger partial charge in [-0.3, -0.25) is 0 Å². The van der Waals surface area contributed by atoms with E-state index >= 15 is 0 Å². The molecular formula is C12H12Cl6. The van der Waals surface area contributed by atoms with Crippen LogP contribution in [0.4, 0.5) is 0 Å². The largest absolute Gasteiger partial charge is 0.147 e. The molecule has 0 atom stereocenters. The van der Waals surface area contributed by atoms with E-state index in [4.69, 9.17) is 34.8 Å². The SMILES string of the molecule is Cl.Cl.Cl.Clc1ccc(Cl)c(Cl)c1.c1ccccc1. The Morgan fingerprint density at radius 2 is 0.944 bits per heavy atom. The summed E-state index contributed by atoms with van der Waals surface area (Å²) in [6, 6.07) is 17.0. The molecule has 0 spiro atoms. The van der Waals surface area contributed by atoms with Gasteiger partial charge in [-0.2, -0.15) is 0 Å². The second-order valence-corrected chi connectivity index (χ2v) is 3.96. The number of hydrogen-bond acceptors (Lipinski definition) is 0. The Bertz CT molecular complexity index is 378. The van der Waals surface area contributed by atoms with E-state index in [1.54, 1.807) is 18.2 Å². The van der Waals surface area contributed by atoms with Crippen molar-refractivity contribution in [2.24, 2.45) is 0 Å². The van der Waals surface area contributed by atoms with Gasteiger partial charge in [0.1, 0.15) is 0 Å². The standard InChI is InChI=1S/C6H3Cl3.C6H6.3ClH/c7-4-1-2-5(8)6(9)3-4;1-2-4-6-5-3-1;;;/h1-3H;1-6H;3*1H. The van der Waals surface area contributed by atoms with Crippen molar-refractivity contribution in [1.82, 2.24) is 0 Å². The summed E-state index contributed by atoms with van der Waals surface area (Å²) in [5, 5.41) is 1.62. The summed E-state index contributed by atoms with van der Waals surface area (Å²) in [5.74, 6) is 0. The van der Waals surface area contributed by atoms with Crippen LogP contribution >= 0.6 is 72.0 Å². The first-order chi connectivity index (χ1) is 7.20. The maximum atomic E-state index is 5.60. The molecule has 0 saturated heterocycles. The Kier molecular flexibility index (Phi) is 17.6. The molecule has 0 fully saturated rings. The molecule has 0 N–H and O–H groups in total. The highest BCUT2D eigenvalue weighted by Crippen LogP contribution is 2.24. The Labute approximate surface area is 141 Å². The number of halogens is 6. The van der Waals surface area contributed by atoms with Crippen LogP contribution in [0.5, 0.6) is 0 Å². The first-order valence-corrected chi connectivity index (χ1v) is 5.44. The van der Waals surface area contributed by atoms with Crippen molar-refractivity contribution >= 4 is 72.0 Å². The molecule has 0 nitrogen and oxygen atoms in total. The van der Waals surface area contributed by atoms with Gasteiger partial charge in [-0.05, 0) is 18.2 Å². The van der Waals surface area contributed by atoms with Crippen molar-refractivity contribution in [2.75, 3.05) is 0 Å². The minimum absolute atomic E-state index is 0. The molecule has 2 rings (SSSR count). The summed E-state index contributed by atoms with van der Waals surface area (Å²) in [6.07, 6.45) is 0. The molecule has 0 aliphatic rings. The zero-order valence-electron chi connectivity index (χ0n) is 9.05. The second kappa shape index (κ2) is 13.6. The minimum Gasteiger partial charge on any atom is -0.147 e. The molecule has 18 heavy (non-hydrogen) atoms. The third-order valence-corrected chi connectivity index (χ3v) is 2.52. The average molecular weight is 369 g/mol. The van der Waals surface area contributed by atoms with Crippen LogP contribution in [-0.2, 0) is 0 Å². The highest BCUT2D eigenvalue weighted by molar-refractivity contribution is 6.43. The highest BCUT2D eigenvalue weighted by atomic mass is 35.5. The molecule has 0 unspecified atom stereocenters. The molecule has 0 radical (unpaired) electrons. The van der Waals surface area contributed by atoms with Gasteiger partial charge in [0.2, 0.25) is 0 Å². The molecule has 0 amide bonds. The smallest absolute Gasteiger partial charge is 0.0607 e. The third kappa shape index (κ3) is 10.1.